The quantitative estimate of drug-likeness (QED) is 0.266. The van der Waals surface area contributed by atoms with Gasteiger partial charge in [0.25, 0.3) is 0 Å². The van der Waals surface area contributed by atoms with E-state index in [2.05, 4.69) is 4.74 Å². The number of carboxylic acid groups (broad SMARTS) is 1. The van der Waals surface area contributed by atoms with Gasteiger partial charge in [-0.3, -0.25) is 4.84 Å². The molecule has 9 nitrogen and oxygen atoms in total. The fourth-order valence-electron chi connectivity index (χ4n) is 1.31. The average Bonchev–Trinajstić information content (AvgIpc) is 2.34. The van der Waals surface area contributed by atoms with E-state index in [1.165, 1.54) is 14.2 Å². The maximum Gasteiger partial charge on any atom is 0.331 e. The predicted octanol–water partition coefficient (Wildman–Crippen LogP) is -2.98. The Balaban J connectivity index is 4.17. The molecule has 0 aliphatic rings. The minimum Gasteiger partial charge on any atom is -0.479 e. The lowest BCUT2D eigenvalue weighted by atomic mass is 10.0. The number of aliphatic carboxylic acids is 1. The van der Waals surface area contributed by atoms with Crippen molar-refractivity contribution in [3.8, 4) is 0 Å². The Morgan fingerprint density at radius 2 is 1.68 bits per heavy atom. The fraction of sp³-hybridized carbons (Fsp3) is 0.900. The fourth-order valence-corrected chi connectivity index (χ4v) is 1.31. The molecule has 19 heavy (non-hydrogen) atoms. The largest absolute Gasteiger partial charge is 0.479 e. The van der Waals surface area contributed by atoms with Crippen LogP contribution in [0.15, 0.2) is 0 Å². The summed E-state index contributed by atoms with van der Waals surface area (Å²) in [6.45, 7) is -1.03. The lowest BCUT2D eigenvalue weighted by Gasteiger charge is -2.28. The van der Waals surface area contributed by atoms with E-state index >= 15 is 0 Å². The molecule has 0 rings (SSSR count). The minimum atomic E-state index is -1.62. The number of carbonyl (C=O) groups is 1. The van der Waals surface area contributed by atoms with Gasteiger partial charge in [-0.1, -0.05) is 0 Å². The molecule has 4 atom stereocenters. The lowest BCUT2D eigenvalue weighted by molar-refractivity contribution is -0.190. The highest BCUT2D eigenvalue weighted by atomic mass is 16.7. The van der Waals surface area contributed by atoms with Crippen LogP contribution in [-0.4, -0.2) is 94.9 Å². The molecule has 0 radical (unpaired) electrons. The Morgan fingerprint density at radius 3 is 2.16 bits per heavy atom. The van der Waals surface area contributed by atoms with Crippen LogP contribution in [0.25, 0.3) is 0 Å². The molecule has 0 aromatic carbocycles. The summed E-state index contributed by atoms with van der Waals surface area (Å²) < 4.78 is 4.60. The van der Waals surface area contributed by atoms with Crippen molar-refractivity contribution < 1.29 is 39.9 Å². The molecule has 0 amide bonds. The van der Waals surface area contributed by atoms with Crippen LogP contribution in [0.1, 0.15) is 0 Å². The highest BCUT2D eigenvalue weighted by molar-refractivity contribution is 5.67. The molecular formula is C10H21NO8. The highest BCUT2D eigenvalue weighted by Crippen LogP contribution is 2.07. The van der Waals surface area contributed by atoms with E-state index in [0.717, 1.165) is 5.06 Å². The van der Waals surface area contributed by atoms with Gasteiger partial charge in [-0.05, 0) is 0 Å². The van der Waals surface area contributed by atoms with Gasteiger partial charge in [0.05, 0.1) is 19.3 Å². The van der Waals surface area contributed by atoms with Gasteiger partial charge in [-0.2, -0.15) is 5.06 Å². The van der Waals surface area contributed by atoms with Crippen LogP contribution >= 0.6 is 0 Å². The number of rotatable bonds is 10. The molecule has 5 N–H and O–H groups in total. The molecule has 0 aliphatic carbocycles. The van der Waals surface area contributed by atoms with Gasteiger partial charge in [-0.25, -0.2) is 4.79 Å². The number of methoxy groups -OCH3 is 1. The number of hydroxylamine groups is 2. The summed E-state index contributed by atoms with van der Waals surface area (Å²) in [6.07, 6.45) is -6.00. The number of hydrogen-bond donors (Lipinski definition) is 5. The van der Waals surface area contributed by atoms with E-state index in [1.807, 2.05) is 0 Å². The molecule has 0 fully saturated rings. The minimum absolute atomic E-state index is 0.198. The first kappa shape index (κ1) is 18.2. The third-order valence-corrected chi connectivity index (χ3v) is 2.33. The first-order valence-electron chi connectivity index (χ1n) is 5.56. The van der Waals surface area contributed by atoms with Crippen LogP contribution in [0.3, 0.4) is 0 Å². The Labute approximate surface area is 110 Å². The van der Waals surface area contributed by atoms with Gasteiger partial charge in [0.15, 0.2) is 6.61 Å². The summed E-state index contributed by atoms with van der Waals surface area (Å²) >= 11 is 0. The Morgan fingerprint density at radius 1 is 1.16 bits per heavy atom. The zero-order valence-electron chi connectivity index (χ0n) is 10.8. The molecule has 0 aromatic rings. The van der Waals surface area contributed by atoms with Crippen LogP contribution in [-0.2, 0) is 14.4 Å². The van der Waals surface area contributed by atoms with Crippen molar-refractivity contribution in [2.45, 2.75) is 24.4 Å². The average molecular weight is 283 g/mol. The molecule has 0 saturated heterocycles. The second-order valence-corrected chi connectivity index (χ2v) is 4.05. The summed E-state index contributed by atoms with van der Waals surface area (Å²) in [5.74, 6) is -1.18. The second kappa shape index (κ2) is 9.15. The topological polar surface area (TPSA) is 140 Å². The number of aliphatic hydroxyl groups excluding tert-OH is 4. The normalized spacial score (nSPS) is 18.1. The van der Waals surface area contributed by atoms with Gasteiger partial charge < -0.3 is 30.3 Å². The van der Waals surface area contributed by atoms with Gasteiger partial charge >= 0.3 is 5.97 Å². The standard InChI is InChI=1S/C10H21NO8/c1-11(19-5-8(14)15)3-6(12)9(16)10(17)7(13)4-18-2/h6-7,9-10,12-13,16-17H,3-5H2,1-2H3,(H,14,15)/t6?,7?,9-,10-/m1/s1. The third-order valence-electron chi connectivity index (χ3n) is 2.33. The van der Waals surface area contributed by atoms with Crippen molar-refractivity contribution in [1.29, 1.82) is 0 Å². The van der Waals surface area contributed by atoms with Crippen molar-refractivity contribution in [3.63, 3.8) is 0 Å². The van der Waals surface area contributed by atoms with Crippen LogP contribution in [0.4, 0.5) is 0 Å². The number of ether oxygens (including phenoxy) is 1. The maximum atomic E-state index is 10.2. The molecule has 0 heterocycles. The van der Waals surface area contributed by atoms with Crippen LogP contribution < -0.4 is 0 Å². The van der Waals surface area contributed by atoms with Crippen LogP contribution in [0.2, 0.25) is 0 Å². The molecule has 114 valence electrons. The van der Waals surface area contributed by atoms with E-state index in [1.54, 1.807) is 0 Å². The smallest absolute Gasteiger partial charge is 0.331 e. The summed E-state index contributed by atoms with van der Waals surface area (Å²) in [5.41, 5.74) is 0. The summed E-state index contributed by atoms with van der Waals surface area (Å²) in [7, 11) is 2.67. The molecule has 0 bridgehead atoms. The summed E-state index contributed by atoms with van der Waals surface area (Å²) in [5, 5.41) is 47.5. The highest BCUT2D eigenvalue weighted by Gasteiger charge is 2.31. The lowest BCUT2D eigenvalue weighted by Crippen LogP contribution is -2.49. The number of nitrogens with zero attached hydrogens (tertiary/aromatic N) is 1. The van der Waals surface area contributed by atoms with Crippen LogP contribution in [0, 0.1) is 0 Å². The predicted molar refractivity (Wildman–Crippen MR) is 62.1 cm³/mol. The zero-order chi connectivity index (χ0) is 15.0. The monoisotopic (exact) mass is 283 g/mol. The maximum absolute atomic E-state index is 10.2. The Bertz CT molecular complexity index is 264. The van der Waals surface area contributed by atoms with E-state index < -0.39 is 37.0 Å². The zero-order valence-corrected chi connectivity index (χ0v) is 10.8. The van der Waals surface area contributed by atoms with E-state index in [0.29, 0.717) is 0 Å². The molecule has 0 aliphatic heterocycles. The van der Waals surface area contributed by atoms with Crippen molar-refractivity contribution >= 4 is 5.97 Å². The molecule has 0 aromatic heterocycles. The van der Waals surface area contributed by atoms with Crippen molar-refractivity contribution in [3.05, 3.63) is 0 Å². The third kappa shape index (κ3) is 7.38. The molecular weight excluding hydrogens is 262 g/mol. The molecule has 2 unspecified atom stereocenters. The Kier molecular flexibility index (Phi) is 8.76. The number of carboxylic acids is 1. The van der Waals surface area contributed by atoms with E-state index in [9.17, 15) is 25.2 Å². The van der Waals surface area contributed by atoms with Crippen molar-refractivity contribution in [2.75, 3.05) is 33.9 Å². The SMILES string of the molecule is COCC(O)[C@@H](O)[C@H](O)C(O)CN(C)OCC(=O)O. The number of hydrogen-bond acceptors (Lipinski definition) is 8. The van der Waals surface area contributed by atoms with E-state index in [-0.39, 0.29) is 13.2 Å². The summed E-state index contributed by atoms with van der Waals surface area (Å²) in [4.78, 5) is 14.9. The molecule has 9 heteroatoms. The summed E-state index contributed by atoms with van der Waals surface area (Å²) in [6, 6.07) is 0. The Hall–Kier alpha value is -0.810. The van der Waals surface area contributed by atoms with Gasteiger partial charge in [-0.15, -0.1) is 0 Å². The van der Waals surface area contributed by atoms with Gasteiger partial charge in [0.2, 0.25) is 0 Å². The molecule has 0 spiro atoms. The van der Waals surface area contributed by atoms with E-state index in [4.69, 9.17) is 9.94 Å². The number of aliphatic hydroxyl groups is 4. The first-order chi connectivity index (χ1) is 8.79. The molecule has 0 saturated carbocycles. The number of likely N-dealkylation sites (N-methyl/N-ethyl adjacent to an activating group) is 1. The van der Waals surface area contributed by atoms with Gasteiger partial charge in [0.1, 0.15) is 18.3 Å². The van der Waals surface area contributed by atoms with Crippen molar-refractivity contribution in [1.82, 2.24) is 5.06 Å². The van der Waals surface area contributed by atoms with Crippen LogP contribution in [0.5, 0.6) is 0 Å². The first-order valence-corrected chi connectivity index (χ1v) is 5.56. The second-order valence-electron chi connectivity index (χ2n) is 4.05. The van der Waals surface area contributed by atoms with Gasteiger partial charge in [0, 0.05) is 14.2 Å². The van der Waals surface area contributed by atoms with Crippen molar-refractivity contribution in [2.24, 2.45) is 0 Å².